The van der Waals surface area contributed by atoms with Crippen LogP contribution in [0.15, 0.2) is 29.2 Å². The van der Waals surface area contributed by atoms with Gasteiger partial charge < -0.3 is 4.74 Å². The van der Waals surface area contributed by atoms with Gasteiger partial charge >= 0.3 is 0 Å². The van der Waals surface area contributed by atoms with Crippen LogP contribution in [0.3, 0.4) is 0 Å². The minimum absolute atomic E-state index is 0.0422. The van der Waals surface area contributed by atoms with Gasteiger partial charge in [-0.25, -0.2) is 13.9 Å². The topological polar surface area (TPSA) is 95.9 Å². The average Bonchev–Trinajstić information content (AvgIpc) is 2.56. The third-order valence-electron chi connectivity index (χ3n) is 4.04. The second-order valence-electron chi connectivity index (χ2n) is 7.72. The van der Waals surface area contributed by atoms with Crippen LogP contribution < -0.4 is 10.2 Å². The lowest BCUT2D eigenvalue weighted by molar-refractivity contribution is -0.136. The fraction of sp³-hybridized carbons (Fsp3) is 0.611. The predicted octanol–water partition coefficient (Wildman–Crippen LogP) is 2.65. The van der Waals surface area contributed by atoms with Crippen LogP contribution in [0, 0.1) is 11.3 Å². The first-order valence-electron chi connectivity index (χ1n) is 8.55. The highest BCUT2D eigenvalue weighted by Crippen LogP contribution is 2.31. The maximum absolute atomic E-state index is 13.3. The predicted molar refractivity (Wildman–Crippen MR) is 99.5 cm³/mol. The third kappa shape index (κ3) is 5.43. The van der Waals surface area contributed by atoms with Gasteiger partial charge in [0.25, 0.3) is 5.91 Å². The van der Waals surface area contributed by atoms with Gasteiger partial charge in [-0.15, -0.1) is 0 Å². The summed E-state index contributed by atoms with van der Waals surface area (Å²) in [6.45, 7) is 9.40. The molecule has 0 aliphatic heterocycles. The Kier molecular flexibility index (Phi) is 7.61. The molecule has 0 aliphatic rings. The molecule has 0 unspecified atom stereocenters. The van der Waals surface area contributed by atoms with Gasteiger partial charge in [-0.05, 0) is 29.9 Å². The van der Waals surface area contributed by atoms with Crippen molar-refractivity contribution in [3.63, 3.8) is 0 Å². The largest absolute Gasteiger partial charge is 0.497 e. The summed E-state index contributed by atoms with van der Waals surface area (Å²) >= 11 is 0. The lowest BCUT2D eigenvalue weighted by Crippen LogP contribution is -2.55. The molecule has 1 amide bonds. The third-order valence-corrected chi connectivity index (χ3v) is 5.90. The number of methoxy groups -OCH3 is 1. The molecule has 7 nitrogen and oxygen atoms in total. The summed E-state index contributed by atoms with van der Waals surface area (Å²) in [4.78, 5) is 12.4. The normalized spacial score (nSPS) is 13.7. The molecule has 1 aromatic rings. The zero-order valence-electron chi connectivity index (χ0n) is 16.3. The summed E-state index contributed by atoms with van der Waals surface area (Å²) in [6, 6.07) is 5.07. The van der Waals surface area contributed by atoms with Crippen LogP contribution in [0.4, 0.5) is 0 Å². The molecule has 0 bridgehead atoms. The number of nitrogens with one attached hydrogen (secondary N) is 1. The lowest BCUT2D eigenvalue weighted by Gasteiger charge is -2.37. The molecule has 0 saturated carbocycles. The number of hydroxylamine groups is 1. The van der Waals surface area contributed by atoms with Gasteiger partial charge in [-0.1, -0.05) is 40.7 Å². The van der Waals surface area contributed by atoms with E-state index in [-0.39, 0.29) is 17.4 Å². The molecule has 26 heavy (non-hydrogen) atoms. The molecule has 2 N–H and O–H groups in total. The first-order valence-corrected chi connectivity index (χ1v) is 9.99. The minimum Gasteiger partial charge on any atom is -0.497 e. The molecule has 1 aromatic carbocycles. The Balaban J connectivity index is 3.49. The van der Waals surface area contributed by atoms with Crippen molar-refractivity contribution in [2.24, 2.45) is 11.3 Å². The number of rotatable bonds is 8. The van der Waals surface area contributed by atoms with Crippen molar-refractivity contribution < 1.29 is 23.2 Å². The van der Waals surface area contributed by atoms with Crippen molar-refractivity contribution in [3.05, 3.63) is 24.3 Å². The molecular formula is C18H30N2O5S. The molecule has 0 saturated heterocycles. The number of carbonyl (C=O) groups excluding carboxylic acids is 1. The van der Waals surface area contributed by atoms with Crippen LogP contribution in [-0.4, -0.2) is 43.5 Å². The summed E-state index contributed by atoms with van der Waals surface area (Å²) in [7, 11) is -2.53. The Hall–Kier alpha value is -1.64. The monoisotopic (exact) mass is 386 g/mol. The van der Waals surface area contributed by atoms with E-state index in [1.54, 1.807) is 38.4 Å². The Labute approximate surface area is 156 Å². The number of ether oxygens (including phenoxy) is 1. The van der Waals surface area contributed by atoms with E-state index in [0.717, 1.165) is 0 Å². The Morgan fingerprint density at radius 1 is 1.31 bits per heavy atom. The second kappa shape index (κ2) is 8.83. The van der Waals surface area contributed by atoms with Crippen LogP contribution >= 0.6 is 0 Å². The number of carbonyl (C=O) groups is 1. The smallest absolute Gasteiger partial charge is 0.262 e. The molecular weight excluding hydrogens is 356 g/mol. The van der Waals surface area contributed by atoms with E-state index in [9.17, 15) is 18.4 Å². The molecule has 0 aliphatic carbocycles. The Morgan fingerprint density at radius 2 is 1.92 bits per heavy atom. The van der Waals surface area contributed by atoms with Gasteiger partial charge in [0.1, 0.15) is 11.8 Å². The van der Waals surface area contributed by atoms with Crippen molar-refractivity contribution >= 4 is 15.9 Å². The molecule has 1 rings (SSSR count). The standard InChI is InChI=1S/C18H30N2O5S/c1-13(2)10-11-20(16(17(21)19-22)18(3,4)5)26(23,24)15-9-7-8-14(12-15)25-6/h7-9,12-13,16,22H,10-11H2,1-6H3,(H,19,21)/t16-/m0/s1. The highest BCUT2D eigenvalue weighted by atomic mass is 32.2. The van der Waals surface area contributed by atoms with Gasteiger partial charge in [0, 0.05) is 12.6 Å². The van der Waals surface area contributed by atoms with Gasteiger partial charge in [-0.2, -0.15) is 4.31 Å². The molecule has 8 heteroatoms. The Bertz CT molecular complexity index is 711. The quantitative estimate of drug-likeness (QED) is 0.529. The number of benzene rings is 1. The number of hydrogen-bond acceptors (Lipinski definition) is 5. The van der Waals surface area contributed by atoms with Crippen LogP contribution in [0.1, 0.15) is 41.0 Å². The zero-order valence-corrected chi connectivity index (χ0v) is 17.1. The van der Waals surface area contributed by atoms with Crippen molar-refractivity contribution in [2.75, 3.05) is 13.7 Å². The number of hydrogen-bond donors (Lipinski definition) is 2. The van der Waals surface area contributed by atoms with Crippen molar-refractivity contribution in [1.82, 2.24) is 9.79 Å². The van der Waals surface area contributed by atoms with Crippen LogP contribution in [0.2, 0.25) is 0 Å². The van der Waals surface area contributed by atoms with Gasteiger partial charge in [0.2, 0.25) is 10.0 Å². The fourth-order valence-corrected chi connectivity index (χ4v) is 4.51. The van der Waals surface area contributed by atoms with Crippen molar-refractivity contribution in [3.8, 4) is 5.75 Å². The van der Waals surface area contributed by atoms with Crippen LogP contribution in [-0.2, 0) is 14.8 Å². The van der Waals surface area contributed by atoms with Crippen LogP contribution in [0.25, 0.3) is 0 Å². The Morgan fingerprint density at radius 3 is 2.38 bits per heavy atom. The highest BCUT2D eigenvalue weighted by Gasteiger charge is 2.42. The van der Waals surface area contributed by atoms with E-state index in [4.69, 9.17) is 4.74 Å². The van der Waals surface area contributed by atoms with Gasteiger partial charge in [0.15, 0.2) is 0 Å². The highest BCUT2D eigenvalue weighted by molar-refractivity contribution is 7.89. The first kappa shape index (κ1) is 22.4. The average molecular weight is 387 g/mol. The fourth-order valence-electron chi connectivity index (χ4n) is 2.69. The van der Waals surface area contributed by atoms with E-state index < -0.39 is 27.4 Å². The second-order valence-corrected chi connectivity index (χ2v) is 9.61. The summed E-state index contributed by atoms with van der Waals surface area (Å²) < 4.78 is 33.0. The summed E-state index contributed by atoms with van der Waals surface area (Å²) in [5, 5.41) is 9.17. The first-order chi connectivity index (χ1) is 11.9. The van der Waals surface area contributed by atoms with Gasteiger partial charge in [-0.3, -0.25) is 10.0 Å². The molecule has 0 radical (unpaired) electrons. The summed E-state index contributed by atoms with van der Waals surface area (Å²) in [6.07, 6.45) is 0.578. The molecule has 0 fully saturated rings. The van der Waals surface area contributed by atoms with Crippen LogP contribution in [0.5, 0.6) is 5.75 Å². The maximum atomic E-state index is 13.3. The number of nitrogens with zero attached hydrogens (tertiary/aromatic N) is 1. The SMILES string of the molecule is COc1cccc(S(=O)(=O)N(CCC(C)C)[C@@H](C(=O)NO)C(C)(C)C)c1. The number of amides is 1. The lowest BCUT2D eigenvalue weighted by atomic mass is 9.86. The van der Waals surface area contributed by atoms with Gasteiger partial charge in [0.05, 0.1) is 12.0 Å². The minimum atomic E-state index is -3.99. The zero-order chi connectivity index (χ0) is 20.1. The van der Waals surface area contributed by atoms with E-state index in [1.165, 1.54) is 23.5 Å². The van der Waals surface area contributed by atoms with E-state index >= 15 is 0 Å². The van der Waals surface area contributed by atoms with E-state index in [0.29, 0.717) is 12.2 Å². The molecule has 0 heterocycles. The number of sulfonamides is 1. The van der Waals surface area contributed by atoms with Crippen molar-refractivity contribution in [2.45, 2.75) is 52.0 Å². The summed E-state index contributed by atoms with van der Waals surface area (Å²) in [5.74, 6) is -0.0997. The molecule has 0 aromatic heterocycles. The molecule has 1 atom stereocenters. The maximum Gasteiger partial charge on any atom is 0.262 e. The van der Waals surface area contributed by atoms with E-state index in [2.05, 4.69) is 0 Å². The molecule has 148 valence electrons. The van der Waals surface area contributed by atoms with E-state index in [1.807, 2.05) is 13.8 Å². The van der Waals surface area contributed by atoms with Crippen molar-refractivity contribution in [1.29, 1.82) is 0 Å². The summed E-state index contributed by atoms with van der Waals surface area (Å²) in [5.41, 5.74) is 0.890. The molecule has 0 spiro atoms.